The zero-order valence-corrected chi connectivity index (χ0v) is 16.6. The van der Waals surface area contributed by atoms with Crippen LogP contribution < -0.4 is 4.74 Å². The molecule has 1 aromatic rings. The lowest BCUT2D eigenvalue weighted by molar-refractivity contribution is -0.134. The molecule has 29 heavy (non-hydrogen) atoms. The molecule has 2 aliphatic rings. The minimum Gasteiger partial charge on any atom is -0.490 e. The molecule has 0 unspecified atom stereocenters. The van der Waals surface area contributed by atoms with E-state index in [0.29, 0.717) is 45.6 Å². The van der Waals surface area contributed by atoms with Crippen molar-refractivity contribution < 1.29 is 33.3 Å². The maximum atomic E-state index is 13.3. The zero-order valence-electron chi connectivity index (χ0n) is 16.6. The number of hydrogen-bond donors (Lipinski definition) is 2. The summed E-state index contributed by atoms with van der Waals surface area (Å²) in [5, 5.41) is 21.9. The number of β-amino-alcohol motifs (C(OH)–C–C–N with tert-alkyl or cyclic N) is 2. The van der Waals surface area contributed by atoms with Crippen molar-refractivity contribution >= 4 is 5.91 Å². The predicted molar refractivity (Wildman–Crippen MR) is 100 cm³/mol. The summed E-state index contributed by atoms with van der Waals surface area (Å²) in [7, 11) is 0. The summed E-state index contributed by atoms with van der Waals surface area (Å²) in [5.74, 6) is -1.53. The van der Waals surface area contributed by atoms with Gasteiger partial charge < -0.3 is 24.6 Å². The van der Waals surface area contributed by atoms with Gasteiger partial charge in [0.05, 0.1) is 18.8 Å². The van der Waals surface area contributed by atoms with Gasteiger partial charge >= 0.3 is 0 Å². The van der Waals surface area contributed by atoms with Crippen LogP contribution in [0.5, 0.6) is 5.75 Å². The third-order valence-electron chi connectivity index (χ3n) is 5.44. The third-order valence-corrected chi connectivity index (χ3v) is 5.44. The van der Waals surface area contributed by atoms with E-state index >= 15 is 0 Å². The van der Waals surface area contributed by atoms with Gasteiger partial charge in [0, 0.05) is 57.8 Å². The SMILES string of the molecule is CC(=O)N1CCC(O)(CN2CCOC[C@@](O)(COc3cc(F)cc(F)c3)C2)CC1. The Morgan fingerprint density at radius 1 is 1.14 bits per heavy atom. The molecule has 7 nitrogen and oxygen atoms in total. The van der Waals surface area contributed by atoms with E-state index in [1.807, 2.05) is 4.90 Å². The number of hydrogen-bond acceptors (Lipinski definition) is 6. The van der Waals surface area contributed by atoms with Gasteiger partial charge in [0.15, 0.2) is 0 Å². The molecule has 0 saturated carbocycles. The van der Waals surface area contributed by atoms with Crippen LogP contribution in [0.15, 0.2) is 18.2 Å². The van der Waals surface area contributed by atoms with Crippen LogP contribution >= 0.6 is 0 Å². The van der Waals surface area contributed by atoms with Crippen molar-refractivity contribution in [2.75, 3.05) is 52.5 Å². The lowest BCUT2D eigenvalue weighted by atomic mass is 9.90. The Hall–Kier alpha value is -1.81. The number of amides is 1. The fraction of sp³-hybridized carbons (Fsp3) is 0.650. The topological polar surface area (TPSA) is 82.5 Å². The van der Waals surface area contributed by atoms with E-state index in [0.717, 1.165) is 18.2 Å². The average molecular weight is 414 g/mol. The van der Waals surface area contributed by atoms with Crippen LogP contribution in [0.3, 0.4) is 0 Å². The van der Waals surface area contributed by atoms with Gasteiger partial charge in [-0.3, -0.25) is 9.69 Å². The first kappa shape index (κ1) is 21.9. The number of carbonyl (C=O) groups excluding carboxylic acids is 1. The molecule has 2 heterocycles. The highest BCUT2D eigenvalue weighted by atomic mass is 19.1. The molecular formula is C20H28F2N2O5. The Labute approximate surface area is 168 Å². The van der Waals surface area contributed by atoms with Crippen LogP contribution in [0.1, 0.15) is 19.8 Å². The van der Waals surface area contributed by atoms with Crippen molar-refractivity contribution in [1.82, 2.24) is 9.80 Å². The highest BCUT2D eigenvalue weighted by molar-refractivity contribution is 5.73. The smallest absolute Gasteiger partial charge is 0.219 e. The number of benzene rings is 1. The maximum Gasteiger partial charge on any atom is 0.219 e. The number of rotatable bonds is 5. The van der Waals surface area contributed by atoms with Gasteiger partial charge in [-0.15, -0.1) is 0 Å². The average Bonchev–Trinajstić information content (AvgIpc) is 2.81. The summed E-state index contributed by atoms with van der Waals surface area (Å²) in [6.45, 7) is 3.73. The van der Waals surface area contributed by atoms with E-state index in [4.69, 9.17) is 9.47 Å². The van der Waals surface area contributed by atoms with Gasteiger partial charge in [-0.2, -0.15) is 0 Å². The standard InChI is InChI=1S/C20H28F2N2O5/c1-15(25)24-4-2-19(26,3-5-24)11-23-6-7-28-13-20(27,12-23)14-29-18-9-16(21)8-17(22)10-18/h8-10,26-27H,2-7,11-14H2,1H3/t20-/m1/s1. The third kappa shape index (κ3) is 6.08. The molecular weight excluding hydrogens is 386 g/mol. The highest BCUT2D eigenvalue weighted by Gasteiger charge is 2.39. The second kappa shape index (κ2) is 8.91. The molecule has 2 aliphatic heterocycles. The lowest BCUT2D eigenvalue weighted by Crippen LogP contribution is -2.55. The van der Waals surface area contributed by atoms with E-state index in [9.17, 15) is 23.8 Å². The van der Waals surface area contributed by atoms with Crippen LogP contribution in [0, 0.1) is 11.6 Å². The molecule has 2 saturated heterocycles. The molecule has 9 heteroatoms. The summed E-state index contributed by atoms with van der Waals surface area (Å²) in [4.78, 5) is 15.1. The van der Waals surface area contributed by atoms with Gasteiger partial charge in [0.1, 0.15) is 29.6 Å². The second-order valence-electron chi connectivity index (χ2n) is 8.11. The van der Waals surface area contributed by atoms with Crippen molar-refractivity contribution in [3.8, 4) is 5.75 Å². The molecule has 0 spiro atoms. The molecule has 2 fully saturated rings. The van der Waals surface area contributed by atoms with Crippen molar-refractivity contribution in [3.05, 3.63) is 29.8 Å². The Morgan fingerprint density at radius 2 is 1.79 bits per heavy atom. The van der Waals surface area contributed by atoms with E-state index in [-0.39, 0.29) is 31.4 Å². The number of piperidine rings is 1. The Morgan fingerprint density at radius 3 is 2.41 bits per heavy atom. The molecule has 3 rings (SSSR count). The monoisotopic (exact) mass is 414 g/mol. The molecule has 0 bridgehead atoms. The molecule has 162 valence electrons. The zero-order chi connectivity index (χ0) is 21.1. The van der Waals surface area contributed by atoms with E-state index < -0.39 is 22.8 Å². The molecule has 0 aromatic heterocycles. The van der Waals surface area contributed by atoms with Gasteiger partial charge in [-0.25, -0.2) is 8.78 Å². The van der Waals surface area contributed by atoms with Crippen LogP contribution in [0.2, 0.25) is 0 Å². The number of likely N-dealkylation sites (tertiary alicyclic amines) is 1. The minimum atomic E-state index is -1.39. The predicted octanol–water partition coefficient (Wildman–Crippen LogP) is 0.780. The maximum absolute atomic E-state index is 13.3. The van der Waals surface area contributed by atoms with Crippen LogP contribution in [0.25, 0.3) is 0 Å². The van der Waals surface area contributed by atoms with Crippen molar-refractivity contribution in [1.29, 1.82) is 0 Å². The number of carbonyl (C=O) groups is 1. The summed E-state index contributed by atoms with van der Waals surface area (Å²) < 4.78 is 37.6. The van der Waals surface area contributed by atoms with Crippen molar-refractivity contribution in [2.24, 2.45) is 0 Å². The van der Waals surface area contributed by atoms with Crippen LogP contribution in [0.4, 0.5) is 8.78 Å². The highest BCUT2D eigenvalue weighted by Crippen LogP contribution is 2.25. The number of nitrogens with zero attached hydrogens (tertiary/aromatic N) is 2. The van der Waals surface area contributed by atoms with Gasteiger partial charge in [0.2, 0.25) is 5.91 Å². The minimum absolute atomic E-state index is 0.00414. The molecule has 0 aliphatic carbocycles. The quantitative estimate of drug-likeness (QED) is 0.741. The fourth-order valence-corrected chi connectivity index (χ4v) is 3.86. The first-order valence-electron chi connectivity index (χ1n) is 9.76. The molecule has 1 atom stereocenters. The molecule has 0 radical (unpaired) electrons. The first-order valence-corrected chi connectivity index (χ1v) is 9.76. The van der Waals surface area contributed by atoms with Gasteiger partial charge in [0.25, 0.3) is 0 Å². The Kier molecular flexibility index (Phi) is 6.72. The summed E-state index contributed by atoms with van der Waals surface area (Å²) in [6.07, 6.45) is 0.920. The van der Waals surface area contributed by atoms with E-state index in [1.54, 1.807) is 4.90 Å². The fourth-order valence-electron chi connectivity index (χ4n) is 3.86. The molecule has 1 amide bonds. The number of aliphatic hydroxyl groups is 2. The second-order valence-corrected chi connectivity index (χ2v) is 8.11. The van der Waals surface area contributed by atoms with Crippen LogP contribution in [-0.2, 0) is 9.53 Å². The molecule has 1 aromatic carbocycles. The first-order chi connectivity index (χ1) is 13.7. The van der Waals surface area contributed by atoms with E-state index in [1.165, 1.54) is 6.92 Å². The van der Waals surface area contributed by atoms with Crippen molar-refractivity contribution in [2.45, 2.75) is 31.0 Å². The summed E-state index contributed by atoms with van der Waals surface area (Å²) in [5.41, 5.74) is -2.35. The molecule has 2 N–H and O–H groups in total. The Bertz CT molecular complexity index is 707. The Balaban J connectivity index is 1.59. The van der Waals surface area contributed by atoms with Gasteiger partial charge in [-0.05, 0) is 12.8 Å². The lowest BCUT2D eigenvalue weighted by Gasteiger charge is -2.41. The van der Waals surface area contributed by atoms with Gasteiger partial charge in [-0.1, -0.05) is 0 Å². The summed E-state index contributed by atoms with van der Waals surface area (Å²) >= 11 is 0. The van der Waals surface area contributed by atoms with Crippen LogP contribution in [-0.4, -0.2) is 89.7 Å². The number of halogens is 2. The largest absolute Gasteiger partial charge is 0.490 e. The number of ether oxygens (including phenoxy) is 2. The van der Waals surface area contributed by atoms with E-state index in [2.05, 4.69) is 0 Å². The normalized spacial score (nSPS) is 25.5. The summed E-state index contributed by atoms with van der Waals surface area (Å²) in [6, 6.07) is 2.84. The van der Waals surface area contributed by atoms with Crippen molar-refractivity contribution in [3.63, 3.8) is 0 Å².